The fourth-order valence-electron chi connectivity index (χ4n) is 1.98. The molecule has 102 valence electrons. The molecule has 19 heavy (non-hydrogen) atoms. The molecular formula is C13H18N4OS. The van der Waals surface area contributed by atoms with Gasteiger partial charge in [-0.05, 0) is 30.4 Å². The van der Waals surface area contributed by atoms with Gasteiger partial charge in [-0.1, -0.05) is 24.8 Å². The molecule has 2 rings (SSSR count). The Morgan fingerprint density at radius 1 is 1.42 bits per heavy atom. The van der Waals surface area contributed by atoms with Gasteiger partial charge in [0.2, 0.25) is 0 Å². The van der Waals surface area contributed by atoms with Gasteiger partial charge in [0.25, 0.3) is 0 Å². The summed E-state index contributed by atoms with van der Waals surface area (Å²) in [6.07, 6.45) is 3.02. The third kappa shape index (κ3) is 3.07. The van der Waals surface area contributed by atoms with Crippen LogP contribution in [-0.2, 0) is 26.3 Å². The second-order valence-corrected chi connectivity index (χ2v) is 5.26. The summed E-state index contributed by atoms with van der Waals surface area (Å²) in [5.74, 6) is 0.0871. The number of hydrogen-bond acceptors (Lipinski definition) is 5. The van der Waals surface area contributed by atoms with Gasteiger partial charge in [0, 0.05) is 12.7 Å². The van der Waals surface area contributed by atoms with Gasteiger partial charge >= 0.3 is 0 Å². The van der Waals surface area contributed by atoms with Crippen molar-refractivity contribution >= 4 is 17.3 Å². The van der Waals surface area contributed by atoms with Crippen molar-refractivity contribution < 1.29 is 4.79 Å². The lowest BCUT2D eigenvalue weighted by atomic mass is 10.1. The molecule has 0 aliphatic carbocycles. The topological polar surface area (TPSA) is 60.7 Å². The summed E-state index contributed by atoms with van der Waals surface area (Å²) in [7, 11) is 1.87. The van der Waals surface area contributed by atoms with Crippen LogP contribution in [0.15, 0.2) is 6.07 Å². The minimum atomic E-state index is 0.0871. The molecule has 0 N–H and O–H groups in total. The number of hydrogen-bond donors (Lipinski definition) is 0. The summed E-state index contributed by atoms with van der Waals surface area (Å²) in [6.45, 7) is 4.13. The van der Waals surface area contributed by atoms with Crippen LogP contribution in [-0.4, -0.2) is 25.2 Å². The highest BCUT2D eigenvalue weighted by atomic mass is 32.1. The second-order valence-electron chi connectivity index (χ2n) is 4.50. The summed E-state index contributed by atoms with van der Waals surface area (Å²) >= 11 is 1.19. The molecule has 0 atom stereocenters. The Morgan fingerprint density at radius 3 is 2.84 bits per heavy atom. The summed E-state index contributed by atoms with van der Waals surface area (Å²) in [5.41, 5.74) is 2.79. The maximum Gasteiger partial charge on any atom is 0.182 e. The smallest absolute Gasteiger partial charge is 0.182 e. The standard InChI is InChI=1S/C13H18N4OS/c1-4-6-11-13(19-16-14-11)12(18)8-10-7-9(5-2)15-17(10)3/h7H,4-6,8H2,1-3H3. The molecule has 0 bridgehead atoms. The molecule has 2 heterocycles. The lowest BCUT2D eigenvalue weighted by Crippen LogP contribution is -2.08. The van der Waals surface area contributed by atoms with E-state index < -0.39 is 0 Å². The number of Topliss-reactive ketones (excluding diaryl/α,β-unsaturated/α-hetero) is 1. The zero-order valence-corrected chi connectivity index (χ0v) is 12.3. The fraction of sp³-hybridized carbons (Fsp3) is 0.538. The highest BCUT2D eigenvalue weighted by Gasteiger charge is 2.17. The van der Waals surface area contributed by atoms with Crippen molar-refractivity contribution in [2.24, 2.45) is 7.05 Å². The van der Waals surface area contributed by atoms with E-state index in [2.05, 4.69) is 28.5 Å². The van der Waals surface area contributed by atoms with E-state index in [1.54, 1.807) is 4.68 Å². The van der Waals surface area contributed by atoms with Crippen LogP contribution >= 0.6 is 11.5 Å². The molecule has 0 unspecified atom stereocenters. The van der Waals surface area contributed by atoms with Gasteiger partial charge < -0.3 is 0 Å². The quantitative estimate of drug-likeness (QED) is 0.760. The average Bonchev–Trinajstić information content (AvgIpc) is 2.97. The van der Waals surface area contributed by atoms with Crippen LogP contribution in [0.3, 0.4) is 0 Å². The molecule has 0 aliphatic heterocycles. The van der Waals surface area contributed by atoms with Crippen LogP contribution in [0.1, 0.15) is 47.0 Å². The predicted octanol–water partition coefficient (Wildman–Crippen LogP) is 2.21. The Bertz CT molecular complexity index is 573. The van der Waals surface area contributed by atoms with Crippen molar-refractivity contribution in [2.45, 2.75) is 39.5 Å². The van der Waals surface area contributed by atoms with Crippen molar-refractivity contribution in [1.82, 2.24) is 19.4 Å². The number of aromatic nitrogens is 4. The van der Waals surface area contributed by atoms with Crippen molar-refractivity contribution in [3.63, 3.8) is 0 Å². The molecule has 0 radical (unpaired) electrons. The van der Waals surface area contributed by atoms with Crippen LogP contribution < -0.4 is 0 Å². The Balaban J connectivity index is 2.16. The van der Waals surface area contributed by atoms with E-state index >= 15 is 0 Å². The second kappa shape index (κ2) is 6.06. The first-order valence-electron chi connectivity index (χ1n) is 6.51. The highest BCUT2D eigenvalue weighted by molar-refractivity contribution is 7.08. The number of carbonyl (C=O) groups is 1. The monoisotopic (exact) mass is 278 g/mol. The van der Waals surface area contributed by atoms with Gasteiger partial charge in [0.05, 0.1) is 17.8 Å². The SMILES string of the molecule is CCCc1nnsc1C(=O)Cc1cc(CC)nn1C. The normalized spacial score (nSPS) is 10.9. The molecule has 0 saturated carbocycles. The molecule has 2 aromatic heterocycles. The molecule has 5 nitrogen and oxygen atoms in total. The fourth-order valence-corrected chi connectivity index (χ4v) is 2.62. The molecule has 0 amide bonds. The van der Waals surface area contributed by atoms with Gasteiger partial charge in [-0.3, -0.25) is 9.48 Å². The van der Waals surface area contributed by atoms with Crippen LogP contribution in [0.4, 0.5) is 0 Å². The third-order valence-electron chi connectivity index (χ3n) is 3.03. The van der Waals surface area contributed by atoms with E-state index in [-0.39, 0.29) is 5.78 Å². The molecular weight excluding hydrogens is 260 g/mol. The van der Waals surface area contributed by atoms with Crippen molar-refractivity contribution in [1.29, 1.82) is 0 Å². The number of nitrogens with zero attached hydrogens (tertiary/aromatic N) is 4. The molecule has 2 aromatic rings. The molecule has 0 spiro atoms. The lowest BCUT2D eigenvalue weighted by Gasteiger charge is -2.00. The Hall–Kier alpha value is -1.56. The van der Waals surface area contributed by atoms with E-state index in [1.165, 1.54) is 11.5 Å². The Morgan fingerprint density at radius 2 is 2.21 bits per heavy atom. The summed E-state index contributed by atoms with van der Waals surface area (Å²) in [6, 6.07) is 1.99. The average molecular weight is 278 g/mol. The van der Waals surface area contributed by atoms with Gasteiger partial charge in [-0.25, -0.2) is 0 Å². The maximum absolute atomic E-state index is 12.3. The zero-order chi connectivity index (χ0) is 13.8. The number of rotatable bonds is 6. The van der Waals surface area contributed by atoms with Crippen LogP contribution in [0, 0.1) is 0 Å². The van der Waals surface area contributed by atoms with Crippen LogP contribution in [0.25, 0.3) is 0 Å². The molecule has 0 fully saturated rings. The minimum Gasteiger partial charge on any atom is -0.293 e. The van der Waals surface area contributed by atoms with Crippen molar-refractivity contribution in [2.75, 3.05) is 0 Å². The highest BCUT2D eigenvalue weighted by Crippen LogP contribution is 2.16. The number of carbonyl (C=O) groups excluding carboxylic acids is 1. The molecule has 0 aliphatic rings. The predicted molar refractivity (Wildman–Crippen MR) is 74.5 cm³/mol. The van der Waals surface area contributed by atoms with E-state index in [4.69, 9.17) is 0 Å². The maximum atomic E-state index is 12.3. The van der Waals surface area contributed by atoms with E-state index in [1.807, 2.05) is 13.1 Å². The van der Waals surface area contributed by atoms with E-state index in [0.29, 0.717) is 11.3 Å². The van der Waals surface area contributed by atoms with E-state index in [0.717, 1.165) is 36.3 Å². The Labute approximate surface area is 116 Å². The lowest BCUT2D eigenvalue weighted by molar-refractivity contribution is 0.0993. The van der Waals surface area contributed by atoms with Gasteiger partial charge in [-0.2, -0.15) is 5.10 Å². The summed E-state index contributed by atoms with van der Waals surface area (Å²) in [4.78, 5) is 13.0. The van der Waals surface area contributed by atoms with E-state index in [9.17, 15) is 4.79 Å². The van der Waals surface area contributed by atoms with Crippen LogP contribution in [0.5, 0.6) is 0 Å². The summed E-state index contributed by atoms with van der Waals surface area (Å²) < 4.78 is 5.68. The Kier molecular flexibility index (Phi) is 4.42. The van der Waals surface area contributed by atoms with Crippen molar-refractivity contribution in [3.8, 4) is 0 Å². The zero-order valence-electron chi connectivity index (χ0n) is 11.5. The van der Waals surface area contributed by atoms with Crippen molar-refractivity contribution in [3.05, 3.63) is 28.0 Å². The summed E-state index contributed by atoms with van der Waals surface area (Å²) in [5, 5.41) is 8.40. The van der Waals surface area contributed by atoms with Crippen LogP contribution in [0.2, 0.25) is 0 Å². The molecule has 0 aromatic carbocycles. The first-order chi connectivity index (χ1) is 9.15. The molecule has 6 heteroatoms. The number of ketones is 1. The minimum absolute atomic E-state index is 0.0871. The van der Waals surface area contributed by atoms with Gasteiger partial charge in [-0.15, -0.1) is 5.10 Å². The number of aryl methyl sites for hydroxylation is 3. The van der Waals surface area contributed by atoms with Gasteiger partial charge in [0.1, 0.15) is 4.88 Å². The first-order valence-corrected chi connectivity index (χ1v) is 7.29. The first kappa shape index (κ1) is 13.9. The van der Waals surface area contributed by atoms with Gasteiger partial charge in [0.15, 0.2) is 5.78 Å². The largest absolute Gasteiger partial charge is 0.293 e. The third-order valence-corrected chi connectivity index (χ3v) is 3.84. The molecule has 0 saturated heterocycles.